The van der Waals surface area contributed by atoms with E-state index < -0.39 is 0 Å². The highest BCUT2D eigenvalue weighted by Crippen LogP contribution is 2.48. The van der Waals surface area contributed by atoms with Crippen molar-refractivity contribution in [1.82, 2.24) is 10.6 Å². The van der Waals surface area contributed by atoms with E-state index in [4.69, 9.17) is 9.15 Å². The number of benzene rings is 9. The summed E-state index contributed by atoms with van der Waals surface area (Å²) >= 11 is 0. The van der Waals surface area contributed by atoms with Crippen molar-refractivity contribution in [2.24, 2.45) is 0 Å². The summed E-state index contributed by atoms with van der Waals surface area (Å²) in [7, 11) is 0. The molecular weight excluding hydrogens is 685 g/mol. The van der Waals surface area contributed by atoms with Gasteiger partial charge in [-0.2, -0.15) is 0 Å². The van der Waals surface area contributed by atoms with Gasteiger partial charge >= 0.3 is 0 Å². The SMILES string of the molecule is c1ccc(C2=C3Oc4ccccc4C3NC(c3cc(-c4cccc(-c5cccc6oc7ccccc7c56)c4)c4c5ccccc5c5ccccc5c4c3)N2)cc1. The van der Waals surface area contributed by atoms with Crippen LogP contribution in [0.3, 0.4) is 0 Å². The molecule has 0 saturated carbocycles. The van der Waals surface area contributed by atoms with Crippen molar-refractivity contribution >= 4 is 60.0 Å². The number of rotatable bonds is 4. The van der Waals surface area contributed by atoms with Gasteiger partial charge in [0.1, 0.15) is 28.8 Å². The van der Waals surface area contributed by atoms with E-state index in [-0.39, 0.29) is 12.2 Å². The number of hydrogen-bond acceptors (Lipinski definition) is 4. The third kappa shape index (κ3) is 4.70. The van der Waals surface area contributed by atoms with Crippen LogP contribution >= 0.6 is 0 Å². The summed E-state index contributed by atoms with van der Waals surface area (Å²) in [5.74, 6) is 1.80. The first-order chi connectivity index (χ1) is 27.8. The second kappa shape index (κ2) is 12.2. The van der Waals surface area contributed by atoms with Crippen LogP contribution in [0.5, 0.6) is 5.75 Å². The highest BCUT2D eigenvalue weighted by atomic mass is 16.5. The Balaban J connectivity index is 1.11. The molecule has 10 aromatic rings. The zero-order valence-corrected chi connectivity index (χ0v) is 30.3. The second-order valence-electron chi connectivity index (χ2n) is 14.9. The molecule has 2 aliphatic rings. The summed E-state index contributed by atoms with van der Waals surface area (Å²) in [5, 5.41) is 17.6. The second-order valence-corrected chi connectivity index (χ2v) is 14.9. The van der Waals surface area contributed by atoms with Gasteiger partial charge in [-0.25, -0.2) is 0 Å². The Morgan fingerprint density at radius 3 is 1.89 bits per heavy atom. The molecule has 1 aromatic heterocycles. The van der Waals surface area contributed by atoms with Gasteiger partial charge in [-0.3, -0.25) is 5.32 Å². The summed E-state index contributed by atoms with van der Waals surface area (Å²) in [6.07, 6.45) is -0.212. The quantitative estimate of drug-likeness (QED) is 0.178. The molecule has 0 spiro atoms. The Morgan fingerprint density at radius 1 is 0.429 bits per heavy atom. The van der Waals surface area contributed by atoms with Gasteiger partial charge in [0, 0.05) is 21.9 Å². The maximum atomic E-state index is 6.59. The molecule has 0 radical (unpaired) electrons. The summed E-state index contributed by atoms with van der Waals surface area (Å²) in [6, 6.07) is 65.0. The average molecular weight is 719 g/mol. The third-order valence-corrected chi connectivity index (χ3v) is 11.7. The number of para-hydroxylation sites is 2. The Morgan fingerprint density at radius 2 is 1.05 bits per heavy atom. The molecule has 0 aliphatic carbocycles. The molecule has 2 atom stereocenters. The highest BCUT2D eigenvalue weighted by molar-refractivity contribution is 6.28. The van der Waals surface area contributed by atoms with Crippen LogP contribution in [0, 0.1) is 0 Å². The summed E-state index contributed by atoms with van der Waals surface area (Å²) in [5.41, 5.74) is 10.8. The molecule has 12 rings (SSSR count). The maximum absolute atomic E-state index is 6.59. The van der Waals surface area contributed by atoms with Gasteiger partial charge in [-0.15, -0.1) is 0 Å². The van der Waals surface area contributed by atoms with Gasteiger partial charge in [0.05, 0.1) is 11.7 Å². The van der Waals surface area contributed by atoms with Gasteiger partial charge in [-0.1, -0.05) is 146 Å². The number of fused-ring (bicyclic) bond motifs is 12. The lowest BCUT2D eigenvalue weighted by Crippen LogP contribution is -2.41. The molecule has 2 N–H and O–H groups in total. The number of hydrogen-bond donors (Lipinski definition) is 2. The number of ether oxygens (including phenoxy) is 1. The van der Waals surface area contributed by atoms with Gasteiger partial charge in [0.2, 0.25) is 0 Å². The molecule has 0 bridgehead atoms. The van der Waals surface area contributed by atoms with Crippen molar-refractivity contribution < 1.29 is 9.15 Å². The van der Waals surface area contributed by atoms with Crippen LogP contribution in [0.4, 0.5) is 0 Å². The highest BCUT2D eigenvalue weighted by Gasteiger charge is 2.38. The van der Waals surface area contributed by atoms with E-state index in [0.29, 0.717) is 0 Å². The first-order valence-electron chi connectivity index (χ1n) is 19.2. The van der Waals surface area contributed by atoms with Crippen molar-refractivity contribution in [2.75, 3.05) is 0 Å². The van der Waals surface area contributed by atoms with Crippen molar-refractivity contribution in [3.63, 3.8) is 0 Å². The van der Waals surface area contributed by atoms with Gasteiger partial charge in [0.25, 0.3) is 0 Å². The Hall–Kier alpha value is -7.14. The fourth-order valence-corrected chi connectivity index (χ4v) is 9.24. The van der Waals surface area contributed by atoms with Crippen LogP contribution in [0.25, 0.3) is 82.2 Å². The van der Waals surface area contributed by atoms with Crippen LogP contribution < -0.4 is 15.4 Å². The van der Waals surface area contributed by atoms with Crippen molar-refractivity contribution in [3.8, 4) is 28.0 Å². The molecule has 9 aromatic carbocycles. The average Bonchev–Trinajstić information content (AvgIpc) is 3.85. The van der Waals surface area contributed by atoms with E-state index in [1.165, 1.54) is 37.9 Å². The van der Waals surface area contributed by atoms with Crippen molar-refractivity contribution in [2.45, 2.75) is 12.2 Å². The fourth-order valence-electron chi connectivity index (χ4n) is 9.24. The fraction of sp³-hybridized carbons (Fsp3) is 0.0385. The molecule has 2 aliphatic heterocycles. The Labute approximate surface area is 323 Å². The van der Waals surface area contributed by atoms with E-state index >= 15 is 0 Å². The van der Waals surface area contributed by atoms with Gasteiger partial charge in [-0.05, 0) is 96.5 Å². The largest absolute Gasteiger partial charge is 0.457 e. The molecular formula is C52H34N2O2. The molecule has 2 unspecified atom stereocenters. The van der Waals surface area contributed by atoms with Crippen molar-refractivity contribution in [3.05, 3.63) is 204 Å². The summed E-state index contributed by atoms with van der Waals surface area (Å²) in [4.78, 5) is 0. The predicted octanol–water partition coefficient (Wildman–Crippen LogP) is 13.1. The lowest BCUT2D eigenvalue weighted by atomic mass is 9.86. The van der Waals surface area contributed by atoms with Crippen LogP contribution in [-0.2, 0) is 0 Å². The smallest absolute Gasteiger partial charge is 0.149 e. The first-order valence-corrected chi connectivity index (χ1v) is 19.2. The standard InChI is InChI=1S/C52H34N2O2/c1-2-14-31(15-3-1)49-51-50(41-23-9-11-26-45(41)56-51)54-52(53-49)34-29-42(47-39-21-7-6-19-37(39)36-18-4-5-20-38(36)43(47)30-34)33-17-12-16-32(28-33)35-24-13-27-46-48(35)40-22-8-10-25-44(40)55-46/h1-30,50,52-54H. The van der Waals surface area contributed by atoms with E-state index in [0.717, 1.165) is 72.5 Å². The van der Waals surface area contributed by atoms with Crippen molar-refractivity contribution in [1.29, 1.82) is 0 Å². The first kappa shape index (κ1) is 31.2. The Bertz CT molecular complexity index is 3250. The van der Waals surface area contributed by atoms with Crippen LogP contribution in [0.2, 0.25) is 0 Å². The number of furan rings is 1. The molecule has 264 valence electrons. The number of nitrogens with one attached hydrogen (secondary N) is 2. The van der Waals surface area contributed by atoms with E-state index in [1.807, 2.05) is 18.2 Å². The van der Waals surface area contributed by atoms with Gasteiger partial charge in [0.15, 0.2) is 0 Å². The Kier molecular flexibility index (Phi) is 6.80. The maximum Gasteiger partial charge on any atom is 0.149 e. The monoisotopic (exact) mass is 718 g/mol. The minimum Gasteiger partial charge on any atom is -0.457 e. The van der Waals surface area contributed by atoms with Gasteiger partial charge < -0.3 is 14.5 Å². The van der Waals surface area contributed by atoms with Crippen LogP contribution in [-0.4, -0.2) is 0 Å². The van der Waals surface area contributed by atoms with Crippen LogP contribution in [0.15, 0.2) is 192 Å². The summed E-state index contributed by atoms with van der Waals surface area (Å²) < 4.78 is 12.9. The summed E-state index contributed by atoms with van der Waals surface area (Å²) in [6.45, 7) is 0. The lowest BCUT2D eigenvalue weighted by Gasteiger charge is -2.33. The minimum absolute atomic E-state index is 0.103. The molecule has 0 fully saturated rings. The van der Waals surface area contributed by atoms with Crippen LogP contribution in [0.1, 0.15) is 28.9 Å². The molecule has 0 saturated heterocycles. The predicted molar refractivity (Wildman–Crippen MR) is 229 cm³/mol. The molecule has 56 heavy (non-hydrogen) atoms. The minimum atomic E-state index is -0.212. The molecule has 0 amide bonds. The topological polar surface area (TPSA) is 46.4 Å². The molecule has 4 nitrogen and oxygen atoms in total. The third-order valence-electron chi connectivity index (χ3n) is 11.7. The normalized spacial score (nSPS) is 16.4. The molecule has 4 heteroatoms. The molecule has 3 heterocycles. The zero-order chi connectivity index (χ0) is 36.7. The zero-order valence-electron chi connectivity index (χ0n) is 30.3. The van der Waals surface area contributed by atoms with E-state index in [9.17, 15) is 0 Å². The van der Waals surface area contributed by atoms with E-state index in [2.05, 4.69) is 174 Å². The lowest BCUT2D eigenvalue weighted by molar-refractivity contribution is 0.348. The van der Waals surface area contributed by atoms with E-state index in [1.54, 1.807) is 0 Å².